The van der Waals surface area contributed by atoms with E-state index < -0.39 is 48.5 Å². The average Bonchev–Trinajstić information content (AvgIpc) is 3.24. The molecule has 46 heavy (non-hydrogen) atoms. The number of likely N-dealkylation sites (tertiary alicyclic amines) is 1. The van der Waals surface area contributed by atoms with Crippen molar-refractivity contribution < 1.29 is 31.9 Å². The Morgan fingerprint density at radius 1 is 1.09 bits per heavy atom. The molecule has 1 spiro atoms. The summed E-state index contributed by atoms with van der Waals surface area (Å²) in [5, 5.41) is 9.29. The van der Waals surface area contributed by atoms with Gasteiger partial charge in [0.15, 0.2) is 30.8 Å². The molecule has 5 rings (SSSR count). The van der Waals surface area contributed by atoms with Crippen molar-refractivity contribution in [3.05, 3.63) is 35.9 Å². The summed E-state index contributed by atoms with van der Waals surface area (Å²) in [6, 6.07) is 2.24. The van der Waals surface area contributed by atoms with E-state index in [1.54, 1.807) is 0 Å². The monoisotopic (exact) mass is 677 g/mol. The second-order valence-corrected chi connectivity index (χ2v) is 18.6. The number of ketones is 1. The number of Topliss-reactive ketones (excluding diaryl/α,β-unsaturated/α-hetero) is 1. The molecule has 2 aromatic rings. The molecule has 0 aromatic carbocycles. The number of halogens is 3. The molecule has 0 bridgehead atoms. The summed E-state index contributed by atoms with van der Waals surface area (Å²) in [5.41, 5.74) is -4.90. The van der Waals surface area contributed by atoms with Crippen molar-refractivity contribution in [1.29, 1.82) is 5.26 Å². The van der Waals surface area contributed by atoms with Gasteiger partial charge in [-0.25, -0.2) is 15.0 Å². The average molecular weight is 678 g/mol. The number of nitrogens with zero attached hydrogens (tertiary/aromatic N) is 7. The molecule has 1 amide bonds. The number of carbonyl (C=O) groups is 2. The Morgan fingerprint density at radius 3 is 2.24 bits per heavy atom. The first-order chi connectivity index (χ1) is 21.5. The van der Waals surface area contributed by atoms with Crippen molar-refractivity contribution in [2.24, 2.45) is 0 Å². The van der Waals surface area contributed by atoms with Gasteiger partial charge in [-0.2, -0.15) is 18.4 Å². The van der Waals surface area contributed by atoms with Gasteiger partial charge < -0.3 is 19.0 Å². The number of rotatable bonds is 8. The van der Waals surface area contributed by atoms with Crippen LogP contribution in [0.1, 0.15) is 57.7 Å². The maximum atomic E-state index is 13.7. The van der Waals surface area contributed by atoms with Gasteiger partial charge in [0.2, 0.25) is 0 Å². The Balaban J connectivity index is 1.25. The van der Waals surface area contributed by atoms with Crippen molar-refractivity contribution in [2.75, 3.05) is 36.0 Å². The largest absolute Gasteiger partial charge is 0.460 e. The standard InChI is InChI=1S/C30H38F3N7O4SSi/c1-28(2,3)46(4,5)43-13-12-38-10-7-21(8-11-38)44-26-36-17-20(18-37-26)40-27(45)39(25(42)29(40)9-6-24(29)41)19-14-22(30(31,32)33)23(15-34)35-16-19/h14,16-18,21,27,45H,6-13H2,1-5H3. The number of aromatic nitrogens is 3. The van der Waals surface area contributed by atoms with E-state index in [2.05, 4.69) is 66.3 Å². The Hall–Kier alpha value is -3.26. The number of hydrogen-bond donors (Lipinski definition) is 1. The summed E-state index contributed by atoms with van der Waals surface area (Å²) in [6.07, 6.45) is 0.705. The lowest BCUT2D eigenvalue weighted by molar-refractivity contribution is -0.140. The highest BCUT2D eigenvalue weighted by Crippen LogP contribution is 2.48. The van der Waals surface area contributed by atoms with Crippen LogP contribution in [-0.4, -0.2) is 83.2 Å². The first-order valence-corrected chi connectivity index (χ1v) is 18.6. The molecule has 16 heteroatoms. The summed E-state index contributed by atoms with van der Waals surface area (Å²) >= 11 is 4.56. The lowest BCUT2D eigenvalue weighted by Gasteiger charge is -2.42. The number of pyridine rings is 1. The minimum absolute atomic E-state index is 0.0869. The van der Waals surface area contributed by atoms with E-state index in [0.717, 1.165) is 43.6 Å². The molecule has 11 nitrogen and oxygen atoms in total. The fraction of sp³-hybridized carbons (Fsp3) is 0.600. The molecule has 3 aliphatic rings. The maximum absolute atomic E-state index is 13.7. The number of alkyl halides is 3. The smallest absolute Gasteiger partial charge is 0.419 e. The van der Waals surface area contributed by atoms with Crippen LogP contribution in [0, 0.1) is 11.3 Å². The third-order valence-corrected chi connectivity index (χ3v) is 14.6. The minimum atomic E-state index is -4.88. The summed E-state index contributed by atoms with van der Waals surface area (Å²) in [4.78, 5) is 43.7. The molecule has 0 radical (unpaired) electrons. The minimum Gasteiger partial charge on any atom is -0.460 e. The van der Waals surface area contributed by atoms with E-state index in [-0.39, 0.29) is 41.4 Å². The zero-order valence-corrected chi connectivity index (χ0v) is 28.4. The van der Waals surface area contributed by atoms with Gasteiger partial charge >= 0.3 is 12.2 Å². The Morgan fingerprint density at radius 2 is 1.72 bits per heavy atom. The van der Waals surface area contributed by atoms with Crippen LogP contribution in [0.25, 0.3) is 0 Å². The Labute approximate surface area is 272 Å². The number of anilines is 2. The van der Waals surface area contributed by atoms with E-state index in [0.29, 0.717) is 12.7 Å². The van der Waals surface area contributed by atoms with E-state index >= 15 is 0 Å². The molecule has 2 saturated heterocycles. The number of ether oxygens (including phenoxy) is 1. The van der Waals surface area contributed by atoms with Crippen molar-refractivity contribution >= 4 is 44.0 Å². The fourth-order valence-corrected chi connectivity index (χ4v) is 7.30. The zero-order valence-electron chi connectivity index (χ0n) is 26.5. The topological polar surface area (TPSA) is 125 Å². The van der Waals surface area contributed by atoms with Crippen molar-refractivity contribution in [1.82, 2.24) is 19.9 Å². The highest BCUT2D eigenvalue weighted by atomic mass is 32.1. The van der Waals surface area contributed by atoms with Gasteiger partial charge in [-0.15, -0.1) is 12.6 Å². The predicted molar refractivity (Wildman–Crippen MR) is 169 cm³/mol. The second kappa shape index (κ2) is 12.4. The number of amides is 1. The van der Waals surface area contributed by atoms with E-state index in [1.807, 2.05) is 0 Å². The van der Waals surface area contributed by atoms with E-state index in [9.17, 15) is 22.8 Å². The van der Waals surface area contributed by atoms with Crippen LogP contribution < -0.4 is 14.5 Å². The number of carbonyl (C=O) groups excluding carboxylic acids is 2. The van der Waals surface area contributed by atoms with E-state index in [4.69, 9.17) is 14.4 Å². The first-order valence-electron chi connectivity index (χ1n) is 15.2. The quantitative estimate of drug-likeness (QED) is 0.237. The van der Waals surface area contributed by atoms with Crippen LogP contribution in [0.3, 0.4) is 0 Å². The summed E-state index contributed by atoms with van der Waals surface area (Å²) in [5.74, 6) is -1.12. The Bertz CT molecular complexity index is 1520. The lowest BCUT2D eigenvalue weighted by atomic mass is 9.74. The van der Waals surface area contributed by atoms with Gasteiger partial charge in [0.25, 0.3) is 5.91 Å². The highest BCUT2D eigenvalue weighted by molar-refractivity contribution is 7.81. The zero-order chi connectivity index (χ0) is 33.7. The molecule has 1 saturated carbocycles. The van der Waals surface area contributed by atoms with Gasteiger partial charge in [-0.1, -0.05) is 20.8 Å². The summed E-state index contributed by atoms with van der Waals surface area (Å²) in [6.45, 7) is 14.4. The molecule has 4 heterocycles. The Kier molecular flexibility index (Phi) is 9.19. The van der Waals surface area contributed by atoms with Crippen LogP contribution in [-0.2, 0) is 20.2 Å². The highest BCUT2D eigenvalue weighted by Gasteiger charge is 2.66. The molecule has 2 atom stereocenters. The third-order valence-electron chi connectivity index (χ3n) is 9.56. The van der Waals surface area contributed by atoms with E-state index in [1.165, 1.54) is 23.4 Å². The van der Waals surface area contributed by atoms with Gasteiger partial charge in [-0.3, -0.25) is 14.5 Å². The molecule has 2 aliphatic heterocycles. The maximum Gasteiger partial charge on any atom is 0.419 e. The molecule has 2 unspecified atom stereocenters. The molecule has 0 N–H and O–H groups in total. The molecule has 248 valence electrons. The van der Waals surface area contributed by atoms with Crippen LogP contribution in [0.4, 0.5) is 24.5 Å². The summed E-state index contributed by atoms with van der Waals surface area (Å²) < 4.78 is 53.4. The number of nitriles is 1. The van der Waals surface area contributed by atoms with Crippen molar-refractivity contribution in [3.63, 3.8) is 0 Å². The number of hydrogen-bond acceptors (Lipinski definition) is 11. The molecular weight excluding hydrogens is 640 g/mol. The van der Waals surface area contributed by atoms with Gasteiger partial charge in [0, 0.05) is 32.7 Å². The molecule has 1 aliphatic carbocycles. The van der Waals surface area contributed by atoms with Crippen LogP contribution in [0.2, 0.25) is 18.1 Å². The predicted octanol–water partition coefficient (Wildman–Crippen LogP) is 4.80. The number of thiol groups is 1. The van der Waals surface area contributed by atoms with Gasteiger partial charge in [0.05, 0.1) is 35.5 Å². The van der Waals surface area contributed by atoms with Crippen LogP contribution in [0.5, 0.6) is 6.01 Å². The normalized spacial score (nSPS) is 23.2. The number of piperidine rings is 1. The first kappa shape index (κ1) is 34.1. The molecule has 2 aromatic heterocycles. The van der Waals surface area contributed by atoms with Crippen LogP contribution >= 0.6 is 12.6 Å². The van der Waals surface area contributed by atoms with Crippen molar-refractivity contribution in [2.45, 2.75) is 87.9 Å². The molecular formula is C30H38F3N7O4SSi. The van der Waals surface area contributed by atoms with Crippen molar-refractivity contribution in [3.8, 4) is 12.1 Å². The molecule has 3 fully saturated rings. The summed E-state index contributed by atoms with van der Waals surface area (Å²) in [7, 11) is -1.79. The third kappa shape index (κ3) is 6.21. The second-order valence-electron chi connectivity index (χ2n) is 13.4. The fourth-order valence-electron chi connectivity index (χ4n) is 5.70. The lowest BCUT2D eigenvalue weighted by Crippen LogP contribution is -2.63. The SMILES string of the molecule is CC(C)(C)[Si](C)(C)OCCN1CCC(Oc2ncc(N3C(S)N(c4cnc(C#N)c(C(F)(F)F)c4)C(=O)C34CCC4=O)cn2)CC1. The van der Waals surface area contributed by atoms with Gasteiger partial charge in [-0.05, 0) is 43.5 Å². The van der Waals surface area contributed by atoms with Gasteiger partial charge in [0.1, 0.15) is 12.2 Å². The van der Waals surface area contributed by atoms with Crippen LogP contribution in [0.15, 0.2) is 24.7 Å².